The maximum atomic E-state index is 12.8. The fourth-order valence-electron chi connectivity index (χ4n) is 4.35. The highest BCUT2D eigenvalue weighted by molar-refractivity contribution is 6.89. The van der Waals surface area contributed by atoms with Crippen LogP contribution in [0.3, 0.4) is 0 Å². The van der Waals surface area contributed by atoms with Crippen molar-refractivity contribution in [3.63, 3.8) is 0 Å². The van der Waals surface area contributed by atoms with Crippen LogP contribution in [-0.4, -0.2) is 73.8 Å². The zero-order valence-electron chi connectivity index (χ0n) is 27.0. The third-order valence-corrected chi connectivity index (χ3v) is 24.5. The first kappa shape index (κ1) is 37.8. The summed E-state index contributed by atoms with van der Waals surface area (Å²) in [7, 11) is -13.6. The van der Waals surface area contributed by atoms with Crippen LogP contribution in [0, 0.1) is 0 Å². The number of carbonyl (C=O) groups is 2. The minimum Gasteiger partial charge on any atom is -0.457 e. The Morgan fingerprint density at radius 3 is 0.868 bits per heavy atom. The van der Waals surface area contributed by atoms with Crippen molar-refractivity contribution in [3.05, 3.63) is 12.2 Å². The molecule has 0 aromatic heterocycles. The van der Waals surface area contributed by atoms with Gasteiger partial charge in [0.25, 0.3) is 0 Å². The monoisotopic (exact) mass is 640 g/mol. The van der Waals surface area contributed by atoms with E-state index < -0.39 is 73.8 Å². The van der Waals surface area contributed by atoms with E-state index in [0.717, 1.165) is 12.2 Å². The largest absolute Gasteiger partial charge is 0.457 e. The van der Waals surface area contributed by atoms with E-state index >= 15 is 0 Å². The number of carbonyl (C=O) groups excluding carboxylic acids is 2. The Hall–Kier alpha value is -0.179. The van der Waals surface area contributed by atoms with Gasteiger partial charge in [-0.2, -0.15) is 0 Å². The quantitative estimate of drug-likeness (QED) is 0.103. The van der Waals surface area contributed by atoms with Gasteiger partial charge in [-0.15, -0.1) is 0 Å². The Bertz CT molecular complexity index is 711. The number of hydrogen-bond donors (Lipinski definition) is 0. The van der Waals surface area contributed by atoms with E-state index in [4.69, 9.17) is 25.9 Å². The molecule has 0 amide bonds. The zero-order chi connectivity index (χ0) is 30.4. The summed E-state index contributed by atoms with van der Waals surface area (Å²) < 4.78 is 37.8. The van der Waals surface area contributed by atoms with Crippen molar-refractivity contribution in [2.75, 3.05) is 0 Å². The number of ether oxygens (including phenoxy) is 2. The summed E-state index contributed by atoms with van der Waals surface area (Å²) in [4.78, 5) is 25.6. The Balaban J connectivity index is 5.71. The molecular weight excluding hydrogens is 585 g/mol. The van der Waals surface area contributed by atoms with Crippen molar-refractivity contribution in [2.45, 2.75) is 130 Å². The molecule has 0 spiro atoms. The maximum Gasteiger partial charge on any atom is 0.356 e. The van der Waals surface area contributed by atoms with Crippen LogP contribution in [0.4, 0.5) is 0 Å². The van der Waals surface area contributed by atoms with Gasteiger partial charge in [-0.1, -0.05) is 13.8 Å². The van der Waals surface area contributed by atoms with Crippen molar-refractivity contribution in [2.24, 2.45) is 0 Å². The van der Waals surface area contributed by atoms with Crippen molar-refractivity contribution >= 4 is 62.3 Å². The molecule has 0 fully saturated rings. The Kier molecular flexibility index (Phi) is 14.1. The molecular formula is C24H56O8Si6. The van der Waals surface area contributed by atoms with Gasteiger partial charge in [0.05, 0.1) is 0 Å². The van der Waals surface area contributed by atoms with Crippen LogP contribution in [0.2, 0.25) is 91.7 Å². The van der Waals surface area contributed by atoms with Crippen molar-refractivity contribution in [3.8, 4) is 0 Å². The van der Waals surface area contributed by atoms with Crippen LogP contribution < -0.4 is 0 Å². The molecule has 0 aliphatic heterocycles. The highest BCUT2D eigenvalue weighted by Crippen LogP contribution is 2.28. The second-order valence-electron chi connectivity index (χ2n) is 13.9. The normalized spacial score (nSPS) is 15.9. The summed E-state index contributed by atoms with van der Waals surface area (Å²) in [5.41, 5.74) is -0.994. The van der Waals surface area contributed by atoms with Crippen molar-refractivity contribution < 1.29 is 35.5 Å². The molecule has 0 bridgehead atoms. The molecule has 224 valence electrons. The number of esters is 2. The Morgan fingerprint density at radius 2 is 0.711 bits per heavy atom. The first-order valence-electron chi connectivity index (χ1n) is 13.6. The van der Waals surface area contributed by atoms with Gasteiger partial charge in [0.1, 0.15) is 11.5 Å². The number of rotatable bonds is 16. The molecule has 0 saturated heterocycles. The van der Waals surface area contributed by atoms with Crippen LogP contribution >= 0.6 is 0 Å². The summed E-state index contributed by atoms with van der Waals surface area (Å²) >= 11 is 0. The average molecular weight is 641 g/mol. The van der Waals surface area contributed by atoms with E-state index in [1.807, 2.05) is 26.9 Å². The lowest BCUT2D eigenvalue weighted by atomic mass is 10.4. The highest BCUT2D eigenvalue weighted by atomic mass is 28.5. The molecule has 0 saturated carbocycles. The lowest BCUT2D eigenvalue weighted by Gasteiger charge is -2.42. The standard InChI is InChI=1S/C24H56O8Si6/c1-17-23(37(15,29-33(3,4)5)30-34(6,7)8)27-21(25)19-20-22(26)28-24(18-2)38(16,31-35(9,10)11)32-36(12,13)14/h19-20,23-24H,17-18H2,1-16H3. The van der Waals surface area contributed by atoms with Gasteiger partial charge >= 0.3 is 29.1 Å². The van der Waals surface area contributed by atoms with E-state index in [2.05, 4.69) is 78.6 Å². The van der Waals surface area contributed by atoms with Crippen molar-refractivity contribution in [1.82, 2.24) is 0 Å². The van der Waals surface area contributed by atoms with Crippen LogP contribution in [0.25, 0.3) is 0 Å². The summed E-state index contributed by atoms with van der Waals surface area (Å²) in [6.45, 7) is 33.2. The molecule has 0 aliphatic rings. The minimum absolute atomic E-state index is 0.497. The van der Waals surface area contributed by atoms with Crippen molar-refractivity contribution in [1.29, 1.82) is 0 Å². The molecule has 14 heteroatoms. The molecule has 2 atom stereocenters. The van der Waals surface area contributed by atoms with E-state index in [1.54, 1.807) is 0 Å². The lowest BCUT2D eigenvalue weighted by Crippen LogP contribution is -2.61. The molecule has 8 nitrogen and oxygen atoms in total. The predicted octanol–water partition coefficient (Wildman–Crippen LogP) is 6.81. The molecule has 0 N–H and O–H groups in total. The topological polar surface area (TPSA) is 89.5 Å². The lowest BCUT2D eigenvalue weighted by molar-refractivity contribution is -0.143. The summed E-state index contributed by atoms with van der Waals surface area (Å²) in [6, 6.07) is 0. The molecule has 2 unspecified atom stereocenters. The van der Waals surface area contributed by atoms with Crippen LogP contribution in [0.15, 0.2) is 12.2 Å². The minimum atomic E-state index is -2.86. The second-order valence-corrected chi connectivity index (χ2v) is 39.4. The third-order valence-electron chi connectivity index (χ3n) is 4.82. The van der Waals surface area contributed by atoms with Gasteiger partial charge in [0.2, 0.25) is 0 Å². The van der Waals surface area contributed by atoms with E-state index in [0.29, 0.717) is 12.8 Å². The first-order valence-corrected chi connectivity index (χ1v) is 32.1. The summed E-state index contributed by atoms with van der Waals surface area (Å²) in [6.07, 6.45) is 3.39. The van der Waals surface area contributed by atoms with E-state index in [1.165, 1.54) is 0 Å². The van der Waals surface area contributed by atoms with E-state index in [-0.39, 0.29) is 0 Å². The van der Waals surface area contributed by atoms with Gasteiger partial charge in [0.15, 0.2) is 33.3 Å². The molecule has 0 heterocycles. The average Bonchev–Trinajstić information content (AvgIpc) is 2.62. The zero-order valence-corrected chi connectivity index (χ0v) is 33.0. The Morgan fingerprint density at radius 1 is 0.500 bits per heavy atom. The molecule has 0 aliphatic carbocycles. The van der Waals surface area contributed by atoms with Crippen LogP contribution in [0.5, 0.6) is 0 Å². The SMILES string of the molecule is CCC(OC(=O)C=CC(=O)OC(CC)[Si](C)(O[Si](C)(C)C)O[Si](C)(C)C)[Si](C)(O[Si](C)(C)C)O[Si](C)(C)C. The summed E-state index contributed by atoms with van der Waals surface area (Å²) in [5, 5.41) is 0. The van der Waals surface area contributed by atoms with E-state index in [9.17, 15) is 9.59 Å². The van der Waals surface area contributed by atoms with Gasteiger partial charge < -0.3 is 25.9 Å². The fourth-order valence-corrected chi connectivity index (χ4v) is 29.1. The highest BCUT2D eigenvalue weighted by Gasteiger charge is 2.49. The second kappa shape index (κ2) is 14.1. The fraction of sp³-hybridized carbons (Fsp3) is 0.833. The molecule has 0 aromatic carbocycles. The predicted molar refractivity (Wildman–Crippen MR) is 170 cm³/mol. The number of hydrogen-bond acceptors (Lipinski definition) is 8. The molecule has 0 radical (unpaired) electrons. The van der Waals surface area contributed by atoms with Gasteiger partial charge in [-0.25, -0.2) is 9.59 Å². The van der Waals surface area contributed by atoms with Gasteiger partial charge in [-0.05, 0) is 104 Å². The van der Waals surface area contributed by atoms with Crippen LogP contribution in [-0.2, 0) is 35.5 Å². The Labute approximate surface area is 239 Å². The first-order chi connectivity index (χ1) is 16.7. The summed E-state index contributed by atoms with van der Waals surface area (Å²) in [5.74, 6) is -1.23. The third kappa shape index (κ3) is 15.6. The molecule has 0 rings (SSSR count). The maximum absolute atomic E-state index is 12.8. The molecule has 0 aromatic rings. The van der Waals surface area contributed by atoms with Gasteiger partial charge in [-0.3, -0.25) is 0 Å². The smallest absolute Gasteiger partial charge is 0.356 e. The van der Waals surface area contributed by atoms with Crippen LogP contribution in [0.1, 0.15) is 26.7 Å². The van der Waals surface area contributed by atoms with Gasteiger partial charge in [0, 0.05) is 12.2 Å². The molecule has 38 heavy (non-hydrogen) atoms.